The molecule has 0 aliphatic carbocycles. The average molecular weight is 381 g/mol. The Hall–Kier alpha value is -1.34. The molecule has 0 aliphatic heterocycles. The van der Waals surface area contributed by atoms with E-state index < -0.39 is 0 Å². The number of hydrogen-bond acceptors (Lipinski definition) is 3. The van der Waals surface area contributed by atoms with Gasteiger partial charge in [0.25, 0.3) is 0 Å². The standard InChI is InChI=1S/C15H16IN3O/c16-15-7-6-12(20-15)10-17-8-3-9-19-11-18-13-4-1-2-5-14(13)19/h1-2,4-7,11,17H,3,8-10H2. The summed E-state index contributed by atoms with van der Waals surface area (Å²) < 4.78 is 8.64. The van der Waals surface area contributed by atoms with E-state index in [0.29, 0.717) is 0 Å². The van der Waals surface area contributed by atoms with Crippen LogP contribution in [0.3, 0.4) is 0 Å². The topological polar surface area (TPSA) is 43.0 Å². The number of para-hydroxylation sites is 2. The molecular weight excluding hydrogens is 365 g/mol. The van der Waals surface area contributed by atoms with Crippen LogP contribution in [0.5, 0.6) is 0 Å². The first-order chi connectivity index (χ1) is 9.83. The number of halogens is 1. The maximum atomic E-state index is 5.50. The van der Waals surface area contributed by atoms with Crippen LogP contribution in [0.15, 0.2) is 47.1 Å². The number of hydrogen-bond donors (Lipinski definition) is 1. The normalized spacial score (nSPS) is 11.2. The highest BCUT2D eigenvalue weighted by molar-refractivity contribution is 14.1. The van der Waals surface area contributed by atoms with Gasteiger partial charge in [-0.3, -0.25) is 0 Å². The first-order valence-corrected chi connectivity index (χ1v) is 7.75. The van der Waals surface area contributed by atoms with Crippen LogP contribution in [0.1, 0.15) is 12.2 Å². The SMILES string of the molecule is Ic1ccc(CNCCCn2cnc3ccccc32)o1. The number of furan rings is 1. The fourth-order valence-corrected chi connectivity index (χ4v) is 2.68. The van der Waals surface area contributed by atoms with Gasteiger partial charge in [0.1, 0.15) is 5.76 Å². The Bertz CT molecular complexity index is 689. The Morgan fingerprint density at radius 1 is 1.20 bits per heavy atom. The monoisotopic (exact) mass is 381 g/mol. The molecule has 0 saturated heterocycles. The van der Waals surface area contributed by atoms with Gasteiger partial charge in [0, 0.05) is 6.54 Å². The number of aromatic nitrogens is 2. The number of nitrogens with one attached hydrogen (secondary N) is 1. The van der Waals surface area contributed by atoms with E-state index in [4.69, 9.17) is 4.42 Å². The van der Waals surface area contributed by atoms with Crippen LogP contribution in [0.25, 0.3) is 11.0 Å². The summed E-state index contributed by atoms with van der Waals surface area (Å²) in [6, 6.07) is 12.2. The molecule has 5 heteroatoms. The zero-order chi connectivity index (χ0) is 13.8. The smallest absolute Gasteiger partial charge is 0.164 e. The highest BCUT2D eigenvalue weighted by Gasteiger charge is 2.01. The van der Waals surface area contributed by atoms with Gasteiger partial charge in [-0.15, -0.1) is 0 Å². The van der Waals surface area contributed by atoms with Crippen molar-refractivity contribution in [2.45, 2.75) is 19.5 Å². The van der Waals surface area contributed by atoms with E-state index in [2.05, 4.69) is 49.6 Å². The zero-order valence-corrected chi connectivity index (χ0v) is 13.2. The van der Waals surface area contributed by atoms with Crippen LogP contribution in [-0.4, -0.2) is 16.1 Å². The van der Waals surface area contributed by atoms with Crippen molar-refractivity contribution in [3.8, 4) is 0 Å². The molecule has 0 fully saturated rings. The van der Waals surface area contributed by atoms with E-state index in [1.54, 1.807) is 0 Å². The van der Waals surface area contributed by atoms with Gasteiger partial charge in [-0.2, -0.15) is 0 Å². The fourth-order valence-electron chi connectivity index (χ4n) is 2.22. The molecule has 0 aliphatic rings. The summed E-state index contributed by atoms with van der Waals surface area (Å²) in [6.45, 7) is 2.72. The van der Waals surface area contributed by atoms with Crippen LogP contribution in [-0.2, 0) is 13.1 Å². The van der Waals surface area contributed by atoms with Crippen molar-refractivity contribution in [1.29, 1.82) is 0 Å². The first kappa shape index (κ1) is 13.6. The molecule has 0 atom stereocenters. The summed E-state index contributed by atoms with van der Waals surface area (Å²) in [5, 5.41) is 3.39. The van der Waals surface area contributed by atoms with Crippen molar-refractivity contribution >= 4 is 33.6 Å². The first-order valence-electron chi connectivity index (χ1n) is 6.68. The van der Waals surface area contributed by atoms with Crippen molar-refractivity contribution in [3.05, 3.63) is 52.3 Å². The molecule has 2 aromatic heterocycles. The van der Waals surface area contributed by atoms with Gasteiger partial charge in [0.2, 0.25) is 0 Å². The van der Waals surface area contributed by atoms with E-state index in [0.717, 1.165) is 41.1 Å². The number of imidazole rings is 1. The van der Waals surface area contributed by atoms with Gasteiger partial charge < -0.3 is 14.3 Å². The maximum absolute atomic E-state index is 5.50. The summed E-state index contributed by atoms with van der Waals surface area (Å²) in [5.74, 6) is 0.988. The van der Waals surface area contributed by atoms with E-state index in [1.807, 2.05) is 30.6 Å². The lowest BCUT2D eigenvalue weighted by molar-refractivity contribution is 0.458. The van der Waals surface area contributed by atoms with E-state index in [1.165, 1.54) is 5.52 Å². The molecule has 3 aromatic rings. The van der Waals surface area contributed by atoms with Gasteiger partial charge in [0.05, 0.1) is 23.9 Å². The molecule has 0 amide bonds. The number of fused-ring (bicyclic) bond motifs is 1. The minimum Gasteiger partial charge on any atom is -0.454 e. The second-order valence-electron chi connectivity index (χ2n) is 4.66. The average Bonchev–Trinajstić information content (AvgIpc) is 3.05. The third-order valence-corrected chi connectivity index (χ3v) is 3.79. The Morgan fingerprint density at radius 3 is 2.95 bits per heavy atom. The van der Waals surface area contributed by atoms with Crippen LogP contribution in [0, 0.1) is 3.77 Å². The maximum Gasteiger partial charge on any atom is 0.164 e. The lowest BCUT2D eigenvalue weighted by atomic mass is 10.3. The van der Waals surface area contributed by atoms with E-state index >= 15 is 0 Å². The summed E-state index contributed by atoms with van der Waals surface area (Å²) in [6.07, 6.45) is 2.98. The van der Waals surface area contributed by atoms with Gasteiger partial charge in [-0.05, 0) is 59.8 Å². The molecule has 0 radical (unpaired) electrons. The number of benzene rings is 1. The predicted octanol–water partition coefficient (Wildman–Crippen LogP) is 3.41. The van der Waals surface area contributed by atoms with Crippen LogP contribution in [0.2, 0.25) is 0 Å². The molecule has 1 aromatic carbocycles. The molecule has 104 valence electrons. The number of nitrogens with zero attached hydrogens (tertiary/aromatic N) is 2. The van der Waals surface area contributed by atoms with Crippen LogP contribution < -0.4 is 5.32 Å². The molecule has 3 rings (SSSR count). The Balaban J connectivity index is 1.46. The van der Waals surface area contributed by atoms with Gasteiger partial charge in [-0.25, -0.2) is 4.98 Å². The second-order valence-corrected chi connectivity index (χ2v) is 5.73. The summed E-state index contributed by atoms with van der Waals surface area (Å²) in [5.41, 5.74) is 2.26. The van der Waals surface area contributed by atoms with Gasteiger partial charge in [0.15, 0.2) is 3.77 Å². The molecule has 20 heavy (non-hydrogen) atoms. The number of aryl methyl sites for hydroxylation is 1. The van der Waals surface area contributed by atoms with Crippen molar-refractivity contribution in [3.63, 3.8) is 0 Å². The summed E-state index contributed by atoms with van der Waals surface area (Å²) in [7, 11) is 0. The van der Waals surface area contributed by atoms with E-state index in [9.17, 15) is 0 Å². The van der Waals surface area contributed by atoms with Crippen molar-refractivity contribution in [2.24, 2.45) is 0 Å². The van der Waals surface area contributed by atoms with Gasteiger partial charge in [-0.1, -0.05) is 12.1 Å². The molecule has 0 saturated carbocycles. The molecule has 0 bridgehead atoms. The molecule has 2 heterocycles. The molecular formula is C15H16IN3O. The molecule has 4 nitrogen and oxygen atoms in total. The highest BCUT2D eigenvalue weighted by atomic mass is 127. The van der Waals surface area contributed by atoms with Gasteiger partial charge >= 0.3 is 0 Å². The quantitative estimate of drug-likeness (QED) is 0.526. The zero-order valence-electron chi connectivity index (χ0n) is 11.1. The van der Waals surface area contributed by atoms with Crippen LogP contribution >= 0.6 is 22.6 Å². The Kier molecular flexibility index (Phi) is 4.37. The summed E-state index contributed by atoms with van der Waals surface area (Å²) in [4.78, 5) is 4.39. The molecule has 1 N–H and O–H groups in total. The third kappa shape index (κ3) is 3.21. The van der Waals surface area contributed by atoms with Crippen molar-refractivity contribution in [1.82, 2.24) is 14.9 Å². The van der Waals surface area contributed by atoms with Crippen molar-refractivity contribution in [2.75, 3.05) is 6.54 Å². The number of rotatable bonds is 6. The highest BCUT2D eigenvalue weighted by Crippen LogP contribution is 2.12. The lowest BCUT2D eigenvalue weighted by Crippen LogP contribution is -2.16. The Morgan fingerprint density at radius 2 is 2.10 bits per heavy atom. The minimum absolute atomic E-state index is 0.785. The summed E-state index contributed by atoms with van der Waals surface area (Å²) >= 11 is 2.18. The third-order valence-electron chi connectivity index (χ3n) is 3.21. The van der Waals surface area contributed by atoms with Crippen LogP contribution in [0.4, 0.5) is 0 Å². The lowest BCUT2D eigenvalue weighted by Gasteiger charge is -2.05. The largest absolute Gasteiger partial charge is 0.454 e. The molecule has 0 unspecified atom stereocenters. The second kappa shape index (κ2) is 6.41. The predicted molar refractivity (Wildman–Crippen MR) is 87.5 cm³/mol. The Labute approximate surface area is 131 Å². The van der Waals surface area contributed by atoms with Crippen molar-refractivity contribution < 1.29 is 4.42 Å². The van der Waals surface area contributed by atoms with E-state index in [-0.39, 0.29) is 0 Å². The minimum atomic E-state index is 0.785. The fraction of sp³-hybridized carbons (Fsp3) is 0.267. The molecule has 0 spiro atoms.